The van der Waals surface area contributed by atoms with Crippen LogP contribution in [0.2, 0.25) is 0 Å². The van der Waals surface area contributed by atoms with E-state index in [0.717, 1.165) is 53.6 Å². The Bertz CT molecular complexity index is 1530. The zero-order valence-corrected chi connectivity index (χ0v) is 23.0. The Balaban J connectivity index is 1.45. The summed E-state index contributed by atoms with van der Waals surface area (Å²) in [4.78, 5) is 20.5. The highest BCUT2D eigenvalue weighted by atomic mass is 32.1. The number of rotatable bonds is 8. The molecule has 5 rings (SSSR count). The fourth-order valence-corrected chi connectivity index (χ4v) is 5.40. The molecule has 1 saturated heterocycles. The van der Waals surface area contributed by atoms with Crippen molar-refractivity contribution in [3.63, 3.8) is 0 Å². The highest BCUT2D eigenvalue weighted by Crippen LogP contribution is 2.39. The predicted molar refractivity (Wildman–Crippen MR) is 147 cm³/mol. The third-order valence-corrected chi connectivity index (χ3v) is 7.76. The highest BCUT2D eigenvalue weighted by Gasteiger charge is 2.33. The monoisotopic (exact) mass is 571 g/mol. The average molecular weight is 572 g/mol. The van der Waals surface area contributed by atoms with Gasteiger partial charge in [-0.2, -0.15) is 13.2 Å². The van der Waals surface area contributed by atoms with Gasteiger partial charge < -0.3 is 15.4 Å². The molecule has 13 heteroatoms. The highest BCUT2D eigenvalue weighted by molar-refractivity contribution is 7.18. The third-order valence-electron chi connectivity index (χ3n) is 6.72. The number of amides is 1. The molecule has 0 aliphatic carbocycles. The summed E-state index contributed by atoms with van der Waals surface area (Å²) in [5.74, 6) is -0.362. The minimum Gasteiger partial charge on any atom is -0.494 e. The zero-order valence-electron chi connectivity index (χ0n) is 22.2. The van der Waals surface area contributed by atoms with Gasteiger partial charge in [0.25, 0.3) is 5.91 Å². The maximum absolute atomic E-state index is 13.8. The molecule has 4 aromatic rings. The number of likely N-dealkylation sites (tertiary alicyclic amines) is 1. The average Bonchev–Trinajstić information content (AvgIpc) is 3.70. The van der Waals surface area contributed by atoms with Crippen LogP contribution in [0, 0.1) is 6.92 Å². The van der Waals surface area contributed by atoms with E-state index < -0.39 is 17.6 Å². The second-order valence-corrected chi connectivity index (χ2v) is 10.5. The molecular formula is C27H28F3N7O2S. The Hall–Kier alpha value is -3.97. The molecule has 3 heterocycles. The number of aryl methyl sites for hydroxylation is 1. The van der Waals surface area contributed by atoms with E-state index in [4.69, 9.17) is 4.74 Å². The molecule has 2 aromatic heterocycles. The summed E-state index contributed by atoms with van der Waals surface area (Å²) in [7, 11) is 3.17. The van der Waals surface area contributed by atoms with Gasteiger partial charge in [0, 0.05) is 30.9 Å². The number of methoxy groups -OCH3 is 1. The predicted octanol–water partition coefficient (Wildman–Crippen LogP) is 5.62. The standard InChI is InChI=1S/C27H28F3N7O2S/c1-16-6-7-17(11-22(16)37-15-21(34-35-37)23-13-32-26(31-2)40-23)25(38)33-20-12-19(27(28,29)30)10-18(24(20)39-3)14-36-8-4-5-9-36/h6-7,10-13,15H,4-5,8-9,14H2,1-3H3,(H,31,32)(H,33,38). The number of halogens is 3. The smallest absolute Gasteiger partial charge is 0.416 e. The van der Waals surface area contributed by atoms with Crippen molar-refractivity contribution in [1.29, 1.82) is 0 Å². The van der Waals surface area contributed by atoms with Crippen LogP contribution in [0.15, 0.2) is 42.7 Å². The number of hydrogen-bond donors (Lipinski definition) is 2. The van der Waals surface area contributed by atoms with E-state index in [2.05, 4.69) is 30.8 Å². The quantitative estimate of drug-likeness (QED) is 0.284. The largest absolute Gasteiger partial charge is 0.494 e. The summed E-state index contributed by atoms with van der Waals surface area (Å²) in [6, 6.07) is 7.00. The van der Waals surface area contributed by atoms with E-state index in [0.29, 0.717) is 23.5 Å². The van der Waals surface area contributed by atoms with Crippen molar-refractivity contribution in [2.24, 2.45) is 0 Å². The number of nitrogens with zero attached hydrogens (tertiary/aromatic N) is 5. The number of ether oxygens (including phenoxy) is 1. The van der Waals surface area contributed by atoms with Crippen molar-refractivity contribution in [3.05, 3.63) is 65.0 Å². The number of anilines is 2. The summed E-state index contributed by atoms with van der Waals surface area (Å²) in [6.45, 7) is 3.77. The van der Waals surface area contributed by atoms with Gasteiger partial charge in [-0.3, -0.25) is 9.69 Å². The van der Waals surface area contributed by atoms with E-state index in [1.165, 1.54) is 18.4 Å². The number of carbonyl (C=O) groups excluding carboxylic acids is 1. The second kappa shape index (κ2) is 11.3. The van der Waals surface area contributed by atoms with Crippen molar-refractivity contribution >= 4 is 28.1 Å². The van der Waals surface area contributed by atoms with Gasteiger partial charge in [0.15, 0.2) is 5.13 Å². The zero-order chi connectivity index (χ0) is 28.4. The SMILES string of the molecule is CNc1ncc(-c2cn(-c3cc(C(=O)Nc4cc(C(F)(F)F)cc(CN5CCCC5)c4OC)ccc3C)nn2)s1. The molecule has 0 unspecified atom stereocenters. The molecule has 210 valence electrons. The first-order valence-electron chi connectivity index (χ1n) is 12.7. The Morgan fingerprint density at radius 3 is 2.62 bits per heavy atom. The van der Waals surface area contributed by atoms with Crippen LogP contribution in [0.4, 0.5) is 24.0 Å². The third kappa shape index (κ3) is 5.80. The first kappa shape index (κ1) is 27.6. The molecule has 1 amide bonds. The molecule has 2 aromatic carbocycles. The van der Waals surface area contributed by atoms with Crippen molar-refractivity contribution in [2.45, 2.75) is 32.5 Å². The van der Waals surface area contributed by atoms with Crippen molar-refractivity contribution in [2.75, 3.05) is 37.9 Å². The second-order valence-electron chi connectivity index (χ2n) is 9.48. The molecule has 9 nitrogen and oxygen atoms in total. The van der Waals surface area contributed by atoms with Crippen LogP contribution in [0.25, 0.3) is 16.3 Å². The van der Waals surface area contributed by atoms with Gasteiger partial charge in [-0.1, -0.05) is 22.6 Å². The molecule has 1 aliphatic rings. The van der Waals surface area contributed by atoms with Crippen LogP contribution in [0.1, 0.15) is 39.9 Å². The normalized spacial score (nSPS) is 13.9. The number of alkyl halides is 3. The fraction of sp³-hybridized carbons (Fsp3) is 0.333. The van der Waals surface area contributed by atoms with E-state index in [-0.39, 0.29) is 17.0 Å². The summed E-state index contributed by atoms with van der Waals surface area (Å²) in [6.07, 6.45) is 0.836. The lowest BCUT2D eigenvalue weighted by Gasteiger charge is -2.21. The number of nitrogens with one attached hydrogen (secondary N) is 2. The molecule has 0 bridgehead atoms. The topological polar surface area (TPSA) is 97.2 Å². The van der Waals surface area contributed by atoms with E-state index in [1.807, 2.05) is 6.92 Å². The lowest BCUT2D eigenvalue weighted by Crippen LogP contribution is -2.21. The molecule has 1 fully saturated rings. The summed E-state index contributed by atoms with van der Waals surface area (Å²) in [5, 5.41) is 14.8. The van der Waals surface area contributed by atoms with E-state index in [9.17, 15) is 18.0 Å². The van der Waals surface area contributed by atoms with Gasteiger partial charge in [0.05, 0.1) is 35.1 Å². The molecule has 40 heavy (non-hydrogen) atoms. The first-order valence-corrected chi connectivity index (χ1v) is 13.5. The van der Waals surface area contributed by atoms with Crippen LogP contribution in [0.3, 0.4) is 0 Å². The molecule has 2 N–H and O–H groups in total. The van der Waals surface area contributed by atoms with Crippen LogP contribution in [0.5, 0.6) is 5.75 Å². The Kier molecular flexibility index (Phi) is 7.76. The Morgan fingerprint density at radius 1 is 1.18 bits per heavy atom. The number of benzene rings is 2. The summed E-state index contributed by atoms with van der Waals surface area (Å²) in [5.41, 5.74) is 1.79. The van der Waals surface area contributed by atoms with Gasteiger partial charge in [-0.15, -0.1) is 5.10 Å². The fourth-order valence-electron chi connectivity index (χ4n) is 4.68. The van der Waals surface area contributed by atoms with Crippen molar-refractivity contribution in [1.82, 2.24) is 24.9 Å². The number of carbonyl (C=O) groups is 1. The number of thiazole rings is 1. The van der Waals surface area contributed by atoms with Crippen LogP contribution >= 0.6 is 11.3 Å². The Labute approximate surface area is 233 Å². The van der Waals surface area contributed by atoms with E-state index >= 15 is 0 Å². The van der Waals surface area contributed by atoms with Crippen LogP contribution in [-0.2, 0) is 12.7 Å². The van der Waals surface area contributed by atoms with E-state index in [1.54, 1.807) is 42.3 Å². The molecule has 0 radical (unpaired) electrons. The van der Waals surface area contributed by atoms with Gasteiger partial charge in [0.1, 0.15) is 11.4 Å². The summed E-state index contributed by atoms with van der Waals surface area (Å²) >= 11 is 1.43. The summed E-state index contributed by atoms with van der Waals surface area (Å²) < 4.78 is 48.5. The molecule has 0 spiro atoms. The molecule has 0 saturated carbocycles. The number of aromatic nitrogens is 4. The maximum Gasteiger partial charge on any atom is 0.416 e. The van der Waals surface area contributed by atoms with Gasteiger partial charge in [0.2, 0.25) is 0 Å². The lowest BCUT2D eigenvalue weighted by molar-refractivity contribution is -0.137. The van der Waals surface area contributed by atoms with Gasteiger partial charge in [-0.05, 0) is 62.7 Å². The molecular weight excluding hydrogens is 543 g/mol. The van der Waals surface area contributed by atoms with Crippen molar-refractivity contribution in [3.8, 4) is 22.0 Å². The maximum atomic E-state index is 13.8. The molecule has 0 atom stereocenters. The van der Waals surface area contributed by atoms with Gasteiger partial charge in [-0.25, -0.2) is 9.67 Å². The van der Waals surface area contributed by atoms with Crippen molar-refractivity contribution < 1.29 is 22.7 Å². The van der Waals surface area contributed by atoms with Crippen LogP contribution in [-0.4, -0.2) is 58.0 Å². The number of hydrogen-bond acceptors (Lipinski definition) is 8. The van der Waals surface area contributed by atoms with Crippen LogP contribution < -0.4 is 15.4 Å². The Morgan fingerprint density at radius 2 is 1.95 bits per heavy atom. The molecule has 1 aliphatic heterocycles. The lowest BCUT2D eigenvalue weighted by atomic mass is 10.1. The minimum atomic E-state index is -4.58. The van der Waals surface area contributed by atoms with Gasteiger partial charge >= 0.3 is 6.18 Å². The minimum absolute atomic E-state index is 0.0350. The first-order chi connectivity index (χ1) is 19.2.